The number of hydrogen-bond donors (Lipinski definition) is 2. The lowest BCUT2D eigenvalue weighted by Gasteiger charge is -2.27. The van der Waals surface area contributed by atoms with Gasteiger partial charge in [-0.1, -0.05) is 48.0 Å². The zero-order valence-electron chi connectivity index (χ0n) is 18.2. The maximum atomic E-state index is 12.7. The van der Waals surface area contributed by atoms with Crippen LogP contribution < -0.4 is 10.6 Å². The van der Waals surface area contributed by atoms with Gasteiger partial charge in [-0.2, -0.15) is 0 Å². The fourth-order valence-electron chi connectivity index (χ4n) is 3.44. The zero-order valence-corrected chi connectivity index (χ0v) is 19.0. The lowest BCUT2D eigenvalue weighted by atomic mass is 9.92. The third kappa shape index (κ3) is 4.68. The number of nitrogens with zero attached hydrogens (tertiary/aromatic N) is 1. The van der Waals surface area contributed by atoms with Gasteiger partial charge in [0, 0.05) is 16.3 Å². The number of urea groups is 1. The number of rotatable bonds is 5. The molecule has 2 amide bonds. The second kappa shape index (κ2) is 8.52. The van der Waals surface area contributed by atoms with Crippen molar-refractivity contribution in [2.75, 3.05) is 5.32 Å². The topological polar surface area (TPSA) is 67.2 Å². The van der Waals surface area contributed by atoms with Crippen molar-refractivity contribution in [2.45, 2.75) is 26.3 Å². The van der Waals surface area contributed by atoms with Crippen LogP contribution in [-0.4, -0.2) is 11.0 Å². The lowest BCUT2D eigenvalue weighted by molar-refractivity contribution is 0.242. The Balaban J connectivity index is 1.51. The number of amides is 2. The molecule has 4 rings (SSSR count). The van der Waals surface area contributed by atoms with Crippen LogP contribution in [0.25, 0.3) is 28.1 Å². The molecule has 0 aliphatic heterocycles. The monoisotopic (exact) mass is 445 g/mol. The Morgan fingerprint density at radius 2 is 1.84 bits per heavy atom. The maximum Gasteiger partial charge on any atom is 0.319 e. The first kappa shape index (κ1) is 21.7. The van der Waals surface area contributed by atoms with Crippen molar-refractivity contribution >= 4 is 40.0 Å². The van der Waals surface area contributed by atoms with E-state index in [2.05, 4.69) is 22.2 Å². The average Bonchev–Trinajstić information content (AvgIpc) is 3.17. The van der Waals surface area contributed by atoms with E-state index in [0.717, 1.165) is 22.3 Å². The summed E-state index contributed by atoms with van der Waals surface area (Å²) in [6.45, 7) is 9.88. The number of nitrogens with one attached hydrogen (secondary N) is 2. The highest BCUT2D eigenvalue weighted by Crippen LogP contribution is 2.28. The number of benzene rings is 3. The van der Waals surface area contributed by atoms with Gasteiger partial charge in [0.1, 0.15) is 5.52 Å². The molecule has 32 heavy (non-hydrogen) atoms. The molecular formula is C26H24ClN3O2. The largest absolute Gasteiger partial charge is 0.436 e. The van der Waals surface area contributed by atoms with Gasteiger partial charge >= 0.3 is 6.03 Å². The normalized spacial score (nSPS) is 11.4. The number of carbonyl (C=O) groups is 1. The first-order chi connectivity index (χ1) is 15.2. The van der Waals surface area contributed by atoms with Crippen LogP contribution in [0, 0.1) is 0 Å². The molecule has 3 aromatic carbocycles. The van der Waals surface area contributed by atoms with Crippen LogP contribution in [0.3, 0.4) is 0 Å². The summed E-state index contributed by atoms with van der Waals surface area (Å²) in [6.07, 6.45) is 0. The number of oxazole rings is 1. The Morgan fingerprint density at radius 1 is 1.06 bits per heavy atom. The van der Waals surface area contributed by atoms with E-state index in [0.29, 0.717) is 27.7 Å². The predicted molar refractivity (Wildman–Crippen MR) is 131 cm³/mol. The van der Waals surface area contributed by atoms with Crippen molar-refractivity contribution in [3.05, 3.63) is 89.5 Å². The summed E-state index contributed by atoms with van der Waals surface area (Å²) in [5.41, 5.74) is 5.12. The molecule has 5 nitrogen and oxygen atoms in total. The number of anilines is 1. The molecule has 0 saturated carbocycles. The number of halogens is 1. The summed E-state index contributed by atoms with van der Waals surface area (Å²) in [5.74, 6) is 0.475. The molecule has 0 saturated heterocycles. The molecule has 0 aliphatic carbocycles. The fraction of sp³-hybridized carbons (Fsp3) is 0.154. The van der Waals surface area contributed by atoms with Crippen LogP contribution in [0.5, 0.6) is 0 Å². The third-order valence-electron chi connectivity index (χ3n) is 5.22. The van der Waals surface area contributed by atoms with Gasteiger partial charge in [0.05, 0.1) is 5.54 Å². The summed E-state index contributed by atoms with van der Waals surface area (Å²) in [6, 6.07) is 20.4. The first-order valence-electron chi connectivity index (χ1n) is 10.2. The highest BCUT2D eigenvalue weighted by molar-refractivity contribution is 6.30. The summed E-state index contributed by atoms with van der Waals surface area (Å²) in [4.78, 5) is 17.3. The van der Waals surface area contributed by atoms with Gasteiger partial charge in [0.15, 0.2) is 5.58 Å². The molecule has 1 heterocycles. The van der Waals surface area contributed by atoms with Gasteiger partial charge in [0.2, 0.25) is 5.89 Å². The Kier molecular flexibility index (Phi) is 5.76. The fourth-order valence-corrected chi connectivity index (χ4v) is 3.63. The van der Waals surface area contributed by atoms with Crippen LogP contribution in [0.2, 0.25) is 5.02 Å². The molecular weight excluding hydrogens is 422 g/mol. The summed E-state index contributed by atoms with van der Waals surface area (Å²) in [7, 11) is 0. The predicted octanol–water partition coefficient (Wildman–Crippen LogP) is 7.24. The van der Waals surface area contributed by atoms with E-state index in [1.807, 2.05) is 57.2 Å². The van der Waals surface area contributed by atoms with Crippen LogP contribution >= 0.6 is 11.6 Å². The lowest BCUT2D eigenvalue weighted by Crippen LogP contribution is -2.43. The van der Waals surface area contributed by atoms with Crippen molar-refractivity contribution in [1.29, 1.82) is 0 Å². The van der Waals surface area contributed by atoms with Gasteiger partial charge < -0.3 is 15.1 Å². The van der Waals surface area contributed by atoms with E-state index < -0.39 is 5.54 Å². The molecule has 2 N–H and O–H groups in total. The molecule has 0 fully saturated rings. The van der Waals surface area contributed by atoms with Crippen LogP contribution in [0.1, 0.15) is 31.9 Å². The minimum absolute atomic E-state index is 0.311. The molecule has 0 bridgehead atoms. The second-order valence-electron chi connectivity index (χ2n) is 8.28. The van der Waals surface area contributed by atoms with Crippen LogP contribution in [0.15, 0.2) is 77.7 Å². The van der Waals surface area contributed by atoms with E-state index >= 15 is 0 Å². The Hall–Kier alpha value is -3.57. The number of carbonyl (C=O) groups excluding carboxylic acids is 1. The minimum atomic E-state index is -0.576. The maximum absolute atomic E-state index is 12.7. The zero-order chi connectivity index (χ0) is 22.9. The summed E-state index contributed by atoms with van der Waals surface area (Å²) >= 11 is 6.07. The second-order valence-corrected chi connectivity index (χ2v) is 8.71. The van der Waals surface area contributed by atoms with Crippen molar-refractivity contribution in [3.8, 4) is 11.5 Å². The van der Waals surface area contributed by atoms with E-state index in [9.17, 15) is 4.79 Å². The number of aromatic nitrogens is 1. The highest BCUT2D eigenvalue weighted by Gasteiger charge is 2.23. The minimum Gasteiger partial charge on any atom is -0.436 e. The molecule has 0 aliphatic rings. The molecule has 0 atom stereocenters. The molecule has 6 heteroatoms. The third-order valence-corrected chi connectivity index (χ3v) is 5.46. The summed E-state index contributed by atoms with van der Waals surface area (Å²) < 4.78 is 5.83. The van der Waals surface area contributed by atoms with E-state index in [1.165, 1.54) is 0 Å². The number of hydrogen-bond acceptors (Lipinski definition) is 3. The Bertz CT molecular complexity index is 1320. The van der Waals surface area contributed by atoms with Crippen molar-refractivity contribution in [3.63, 3.8) is 0 Å². The standard InChI is InChI=1S/C26H24ClN3O2/c1-16(2)17-7-5-9-19(13-17)26(3,4)30-25(31)28-21-11-12-23-22(15-21)29-24(32-23)18-8-6-10-20(27)14-18/h5-15H,1H2,2-4H3,(H2,28,30,31). The van der Waals surface area contributed by atoms with Gasteiger partial charge in [0.25, 0.3) is 0 Å². The van der Waals surface area contributed by atoms with Crippen molar-refractivity contribution in [2.24, 2.45) is 0 Å². The molecule has 0 radical (unpaired) electrons. The van der Waals surface area contributed by atoms with E-state index in [4.69, 9.17) is 16.0 Å². The Labute approximate surface area is 192 Å². The highest BCUT2D eigenvalue weighted by atomic mass is 35.5. The van der Waals surface area contributed by atoms with E-state index in [1.54, 1.807) is 30.3 Å². The number of fused-ring (bicyclic) bond motifs is 1. The molecule has 0 spiro atoms. The molecule has 162 valence electrons. The molecule has 0 unspecified atom stereocenters. The smallest absolute Gasteiger partial charge is 0.319 e. The van der Waals surface area contributed by atoms with Crippen molar-refractivity contribution in [1.82, 2.24) is 10.3 Å². The number of allylic oxidation sites excluding steroid dienone is 1. The summed E-state index contributed by atoms with van der Waals surface area (Å²) in [5, 5.41) is 6.53. The van der Waals surface area contributed by atoms with Gasteiger partial charge in [-0.3, -0.25) is 0 Å². The van der Waals surface area contributed by atoms with Crippen molar-refractivity contribution < 1.29 is 9.21 Å². The van der Waals surface area contributed by atoms with Gasteiger partial charge in [-0.05, 0) is 74.4 Å². The Morgan fingerprint density at radius 3 is 2.59 bits per heavy atom. The van der Waals surface area contributed by atoms with Crippen LogP contribution in [-0.2, 0) is 5.54 Å². The SMILES string of the molecule is C=C(C)c1cccc(C(C)(C)NC(=O)Nc2ccc3oc(-c4cccc(Cl)c4)nc3c2)c1. The average molecular weight is 446 g/mol. The van der Waals surface area contributed by atoms with E-state index in [-0.39, 0.29) is 6.03 Å². The van der Waals surface area contributed by atoms with Gasteiger partial charge in [-0.25, -0.2) is 9.78 Å². The van der Waals surface area contributed by atoms with Gasteiger partial charge in [-0.15, -0.1) is 0 Å². The quantitative estimate of drug-likeness (QED) is 0.340. The van der Waals surface area contributed by atoms with Crippen LogP contribution in [0.4, 0.5) is 10.5 Å². The first-order valence-corrected chi connectivity index (χ1v) is 10.6. The molecule has 4 aromatic rings. The molecule has 1 aromatic heterocycles.